The molecule has 2 aromatic rings. The van der Waals surface area contributed by atoms with Crippen molar-refractivity contribution < 1.29 is 9.50 Å². The van der Waals surface area contributed by atoms with E-state index in [9.17, 15) is 9.50 Å². The van der Waals surface area contributed by atoms with Crippen molar-refractivity contribution >= 4 is 11.6 Å². The van der Waals surface area contributed by atoms with Crippen LogP contribution in [0.3, 0.4) is 0 Å². The van der Waals surface area contributed by atoms with Gasteiger partial charge in [-0.1, -0.05) is 53.6 Å². The quantitative estimate of drug-likeness (QED) is 0.905. The molecule has 2 atom stereocenters. The Bertz CT molecular complexity index is 586. The molecular formula is C16H17ClFNO. The summed E-state index contributed by atoms with van der Waals surface area (Å²) in [5.74, 6) is -0.962. The van der Waals surface area contributed by atoms with E-state index in [0.29, 0.717) is 0 Å². The molecule has 20 heavy (non-hydrogen) atoms. The van der Waals surface area contributed by atoms with Crippen LogP contribution in [0.2, 0.25) is 5.02 Å². The first-order valence-corrected chi connectivity index (χ1v) is 6.81. The highest BCUT2D eigenvalue weighted by Gasteiger charge is 2.24. The summed E-state index contributed by atoms with van der Waals surface area (Å²) in [5, 5.41) is 10.4. The molecule has 2 nitrogen and oxygen atoms in total. The van der Waals surface area contributed by atoms with E-state index in [-0.39, 0.29) is 23.0 Å². The van der Waals surface area contributed by atoms with Crippen LogP contribution in [0.25, 0.3) is 0 Å². The fraction of sp³-hybridized carbons (Fsp3) is 0.250. The van der Waals surface area contributed by atoms with Gasteiger partial charge in [0.25, 0.3) is 0 Å². The third-order valence-corrected chi connectivity index (χ3v) is 3.73. The highest BCUT2D eigenvalue weighted by Crippen LogP contribution is 2.33. The largest absolute Gasteiger partial charge is 0.388 e. The summed E-state index contributed by atoms with van der Waals surface area (Å²) in [6.07, 6.45) is -1.03. The molecule has 4 heteroatoms. The van der Waals surface area contributed by atoms with E-state index in [1.165, 1.54) is 12.1 Å². The molecule has 106 valence electrons. The molecule has 2 aromatic carbocycles. The smallest absolute Gasteiger partial charge is 0.147 e. The second-order valence-corrected chi connectivity index (χ2v) is 5.25. The first-order valence-electron chi connectivity index (χ1n) is 6.43. The maximum absolute atomic E-state index is 14.0. The Kier molecular flexibility index (Phi) is 4.76. The Hall–Kier alpha value is -1.42. The molecule has 0 aromatic heterocycles. The van der Waals surface area contributed by atoms with Crippen LogP contribution in [0.4, 0.5) is 4.39 Å². The van der Waals surface area contributed by atoms with E-state index in [4.69, 9.17) is 17.3 Å². The predicted molar refractivity (Wildman–Crippen MR) is 79.3 cm³/mol. The highest BCUT2D eigenvalue weighted by atomic mass is 35.5. The number of halogens is 2. The number of hydrogen-bond donors (Lipinski definition) is 2. The number of aryl methyl sites for hydroxylation is 1. The third-order valence-electron chi connectivity index (χ3n) is 3.44. The van der Waals surface area contributed by atoms with E-state index in [1.54, 1.807) is 6.07 Å². The predicted octanol–water partition coefficient (Wildman–Crippen LogP) is 3.56. The summed E-state index contributed by atoms with van der Waals surface area (Å²) in [6, 6.07) is 12.3. The van der Waals surface area contributed by atoms with Crippen molar-refractivity contribution in [2.45, 2.75) is 18.9 Å². The molecule has 0 heterocycles. The lowest BCUT2D eigenvalue weighted by Gasteiger charge is -2.23. The number of benzene rings is 2. The molecule has 2 unspecified atom stereocenters. The van der Waals surface area contributed by atoms with Gasteiger partial charge < -0.3 is 10.8 Å². The molecule has 2 rings (SSSR count). The fourth-order valence-corrected chi connectivity index (χ4v) is 2.41. The Balaban J connectivity index is 2.36. The molecule has 0 aliphatic rings. The van der Waals surface area contributed by atoms with E-state index in [1.807, 2.05) is 31.2 Å². The molecule has 0 saturated heterocycles. The van der Waals surface area contributed by atoms with Crippen LogP contribution in [0.15, 0.2) is 42.5 Å². The molecule has 3 N–H and O–H groups in total. The topological polar surface area (TPSA) is 46.2 Å². The molecule has 0 fully saturated rings. The number of aliphatic hydroxyl groups is 1. The molecule has 0 saturated carbocycles. The van der Waals surface area contributed by atoms with Gasteiger partial charge in [0.05, 0.1) is 11.1 Å². The zero-order valence-electron chi connectivity index (χ0n) is 11.2. The van der Waals surface area contributed by atoms with Gasteiger partial charge in [0.2, 0.25) is 0 Å². The minimum Gasteiger partial charge on any atom is -0.388 e. The zero-order valence-corrected chi connectivity index (χ0v) is 11.9. The van der Waals surface area contributed by atoms with Gasteiger partial charge in [-0.05, 0) is 18.6 Å². The van der Waals surface area contributed by atoms with E-state index in [0.717, 1.165) is 11.1 Å². The fourth-order valence-electron chi connectivity index (χ4n) is 2.23. The minimum absolute atomic E-state index is 0.00114. The molecular weight excluding hydrogens is 277 g/mol. The standard InChI is InChI=1S/C16H17ClFNO/c1-10-5-7-11(8-6-10)13(9-19)16(20)12-3-2-4-14(17)15(12)18/h2-8,13,16,20H,9,19H2,1H3. The average molecular weight is 294 g/mol. The Morgan fingerprint density at radius 3 is 2.45 bits per heavy atom. The lowest BCUT2D eigenvalue weighted by atomic mass is 9.88. The lowest BCUT2D eigenvalue weighted by Crippen LogP contribution is -2.21. The summed E-state index contributed by atoms with van der Waals surface area (Å²) in [5.41, 5.74) is 7.93. The van der Waals surface area contributed by atoms with Crippen LogP contribution in [0.5, 0.6) is 0 Å². The normalized spacial score (nSPS) is 14.1. The van der Waals surface area contributed by atoms with Gasteiger partial charge in [-0.3, -0.25) is 0 Å². The average Bonchev–Trinajstić information content (AvgIpc) is 2.44. The zero-order chi connectivity index (χ0) is 14.7. The highest BCUT2D eigenvalue weighted by molar-refractivity contribution is 6.30. The van der Waals surface area contributed by atoms with Gasteiger partial charge in [-0.15, -0.1) is 0 Å². The Morgan fingerprint density at radius 2 is 1.85 bits per heavy atom. The maximum atomic E-state index is 14.0. The second-order valence-electron chi connectivity index (χ2n) is 4.84. The van der Waals surface area contributed by atoms with Crippen LogP contribution < -0.4 is 5.73 Å². The molecule has 0 aliphatic heterocycles. The van der Waals surface area contributed by atoms with Crippen LogP contribution in [-0.4, -0.2) is 11.7 Å². The molecule has 0 aliphatic carbocycles. The van der Waals surface area contributed by atoms with Crippen LogP contribution in [0, 0.1) is 12.7 Å². The van der Waals surface area contributed by atoms with Crippen molar-refractivity contribution in [1.82, 2.24) is 0 Å². The van der Waals surface area contributed by atoms with Gasteiger partial charge in [-0.25, -0.2) is 4.39 Å². The SMILES string of the molecule is Cc1ccc(C(CN)C(O)c2cccc(Cl)c2F)cc1. The third kappa shape index (κ3) is 3.01. The number of aliphatic hydroxyl groups excluding tert-OH is 1. The van der Waals surface area contributed by atoms with E-state index < -0.39 is 11.9 Å². The van der Waals surface area contributed by atoms with Gasteiger partial charge in [0.1, 0.15) is 5.82 Å². The first kappa shape index (κ1) is 15.0. The van der Waals surface area contributed by atoms with E-state index >= 15 is 0 Å². The lowest BCUT2D eigenvalue weighted by molar-refractivity contribution is 0.143. The minimum atomic E-state index is -1.03. The number of rotatable bonds is 4. The van der Waals surface area contributed by atoms with Crippen molar-refractivity contribution in [3.63, 3.8) is 0 Å². The van der Waals surface area contributed by atoms with Crippen molar-refractivity contribution in [2.75, 3.05) is 6.54 Å². The van der Waals surface area contributed by atoms with Crippen molar-refractivity contribution in [3.05, 3.63) is 70.0 Å². The van der Waals surface area contributed by atoms with E-state index in [2.05, 4.69) is 0 Å². The molecule has 0 amide bonds. The molecule has 0 spiro atoms. The Labute approximate surface area is 123 Å². The summed E-state index contributed by atoms with van der Waals surface area (Å²) < 4.78 is 14.0. The monoisotopic (exact) mass is 293 g/mol. The molecule has 0 radical (unpaired) electrons. The second kappa shape index (κ2) is 6.35. The summed E-state index contributed by atoms with van der Waals surface area (Å²) in [6.45, 7) is 2.20. The molecule has 0 bridgehead atoms. The number of hydrogen-bond acceptors (Lipinski definition) is 2. The van der Waals surface area contributed by atoms with Gasteiger partial charge in [-0.2, -0.15) is 0 Å². The van der Waals surface area contributed by atoms with Crippen LogP contribution >= 0.6 is 11.6 Å². The van der Waals surface area contributed by atoms with Gasteiger partial charge in [0.15, 0.2) is 0 Å². The van der Waals surface area contributed by atoms with Crippen molar-refractivity contribution in [1.29, 1.82) is 0 Å². The van der Waals surface area contributed by atoms with Crippen LogP contribution in [0.1, 0.15) is 28.7 Å². The maximum Gasteiger partial charge on any atom is 0.147 e. The van der Waals surface area contributed by atoms with Gasteiger partial charge in [0, 0.05) is 18.0 Å². The van der Waals surface area contributed by atoms with Crippen molar-refractivity contribution in [3.8, 4) is 0 Å². The number of nitrogens with two attached hydrogens (primary N) is 1. The van der Waals surface area contributed by atoms with Crippen LogP contribution in [-0.2, 0) is 0 Å². The summed E-state index contributed by atoms with van der Waals surface area (Å²) >= 11 is 5.76. The van der Waals surface area contributed by atoms with Gasteiger partial charge >= 0.3 is 0 Å². The summed E-state index contributed by atoms with van der Waals surface area (Å²) in [7, 11) is 0. The summed E-state index contributed by atoms with van der Waals surface area (Å²) in [4.78, 5) is 0. The Morgan fingerprint density at radius 1 is 1.20 bits per heavy atom. The van der Waals surface area contributed by atoms with Crippen molar-refractivity contribution in [2.24, 2.45) is 5.73 Å². The first-order chi connectivity index (χ1) is 9.54.